The summed E-state index contributed by atoms with van der Waals surface area (Å²) in [6.45, 7) is 2.41. The van der Waals surface area contributed by atoms with E-state index in [4.69, 9.17) is 0 Å². The van der Waals surface area contributed by atoms with Gasteiger partial charge in [-0.15, -0.1) is 0 Å². The second kappa shape index (κ2) is 7.58. The summed E-state index contributed by atoms with van der Waals surface area (Å²) in [5.74, 6) is 0.193. The van der Waals surface area contributed by atoms with Crippen LogP contribution in [-0.4, -0.2) is 24.0 Å². The zero-order chi connectivity index (χ0) is 17.8. The van der Waals surface area contributed by atoms with Gasteiger partial charge in [-0.25, -0.2) is 0 Å². The SMILES string of the molecule is O=C(NCc1cncc2c1CCC2)C1(Cc2ccccc2)CCNCC1. The number of carbonyl (C=O) groups excluding carboxylic acids is 1. The maximum absolute atomic E-state index is 13.2. The lowest BCUT2D eigenvalue weighted by Crippen LogP contribution is -2.48. The summed E-state index contributed by atoms with van der Waals surface area (Å²) in [6.07, 6.45) is 9.93. The summed E-state index contributed by atoms with van der Waals surface area (Å²) in [5, 5.41) is 6.65. The van der Waals surface area contributed by atoms with Crippen molar-refractivity contribution in [1.82, 2.24) is 15.6 Å². The van der Waals surface area contributed by atoms with Crippen LogP contribution in [0.3, 0.4) is 0 Å². The molecule has 136 valence electrons. The van der Waals surface area contributed by atoms with Gasteiger partial charge in [0, 0.05) is 18.9 Å². The van der Waals surface area contributed by atoms with Crippen molar-refractivity contribution in [2.24, 2.45) is 5.41 Å². The molecule has 1 aliphatic carbocycles. The van der Waals surface area contributed by atoms with E-state index < -0.39 is 0 Å². The Morgan fingerprint density at radius 2 is 1.92 bits per heavy atom. The largest absolute Gasteiger partial charge is 0.351 e. The van der Waals surface area contributed by atoms with Crippen LogP contribution in [-0.2, 0) is 30.6 Å². The van der Waals surface area contributed by atoms with Gasteiger partial charge in [-0.1, -0.05) is 30.3 Å². The molecule has 4 rings (SSSR count). The summed E-state index contributed by atoms with van der Waals surface area (Å²) in [5.41, 5.74) is 4.89. The molecule has 0 unspecified atom stereocenters. The molecule has 1 amide bonds. The van der Waals surface area contributed by atoms with Crippen molar-refractivity contribution in [3.63, 3.8) is 0 Å². The number of nitrogens with one attached hydrogen (secondary N) is 2. The number of rotatable bonds is 5. The van der Waals surface area contributed by atoms with Gasteiger partial charge in [0.1, 0.15) is 0 Å². The van der Waals surface area contributed by atoms with Crippen LogP contribution in [0.15, 0.2) is 42.7 Å². The normalized spacial score (nSPS) is 18.3. The highest BCUT2D eigenvalue weighted by Crippen LogP contribution is 2.33. The van der Waals surface area contributed by atoms with Crippen LogP contribution in [0.5, 0.6) is 0 Å². The molecule has 26 heavy (non-hydrogen) atoms. The Bertz CT molecular complexity index is 766. The van der Waals surface area contributed by atoms with Gasteiger partial charge in [0.15, 0.2) is 0 Å². The third-order valence-electron chi connectivity index (χ3n) is 5.98. The lowest BCUT2D eigenvalue weighted by atomic mass is 9.73. The Kier molecular flexibility index (Phi) is 5.02. The number of carbonyl (C=O) groups is 1. The van der Waals surface area contributed by atoms with Crippen LogP contribution in [0.2, 0.25) is 0 Å². The zero-order valence-corrected chi connectivity index (χ0v) is 15.3. The number of pyridine rings is 1. The fourth-order valence-corrected chi connectivity index (χ4v) is 4.46. The van der Waals surface area contributed by atoms with Crippen molar-refractivity contribution < 1.29 is 4.79 Å². The molecule has 0 spiro atoms. The summed E-state index contributed by atoms with van der Waals surface area (Å²) in [6, 6.07) is 10.4. The van der Waals surface area contributed by atoms with Crippen molar-refractivity contribution >= 4 is 5.91 Å². The summed E-state index contributed by atoms with van der Waals surface area (Å²) in [4.78, 5) is 17.6. The Balaban J connectivity index is 1.49. The van der Waals surface area contributed by atoms with Gasteiger partial charge in [0.05, 0.1) is 5.41 Å². The number of hydrogen-bond donors (Lipinski definition) is 2. The van der Waals surface area contributed by atoms with E-state index in [0.717, 1.165) is 45.2 Å². The first-order chi connectivity index (χ1) is 12.8. The second-order valence-corrected chi connectivity index (χ2v) is 7.67. The maximum Gasteiger partial charge on any atom is 0.226 e. The summed E-state index contributed by atoms with van der Waals surface area (Å²) < 4.78 is 0. The first kappa shape index (κ1) is 17.2. The van der Waals surface area contributed by atoms with E-state index >= 15 is 0 Å². The highest BCUT2D eigenvalue weighted by Gasteiger charge is 2.39. The first-order valence-corrected chi connectivity index (χ1v) is 9.74. The molecule has 2 heterocycles. The number of aryl methyl sites for hydroxylation is 1. The predicted octanol–water partition coefficient (Wildman–Crippen LogP) is 2.80. The molecule has 1 fully saturated rings. The summed E-state index contributed by atoms with van der Waals surface area (Å²) in [7, 11) is 0. The Morgan fingerprint density at radius 3 is 2.73 bits per heavy atom. The average molecular weight is 349 g/mol. The molecule has 0 bridgehead atoms. The maximum atomic E-state index is 13.2. The Morgan fingerprint density at radius 1 is 1.12 bits per heavy atom. The molecular weight excluding hydrogens is 322 g/mol. The van der Waals surface area contributed by atoms with Crippen LogP contribution in [0, 0.1) is 5.41 Å². The molecule has 0 saturated carbocycles. The van der Waals surface area contributed by atoms with Gasteiger partial charge in [-0.3, -0.25) is 9.78 Å². The van der Waals surface area contributed by atoms with Gasteiger partial charge in [0.2, 0.25) is 5.91 Å². The van der Waals surface area contributed by atoms with Crippen LogP contribution in [0.25, 0.3) is 0 Å². The minimum atomic E-state index is -0.308. The van der Waals surface area contributed by atoms with Gasteiger partial charge in [-0.05, 0) is 73.9 Å². The predicted molar refractivity (Wildman–Crippen MR) is 103 cm³/mol. The van der Waals surface area contributed by atoms with E-state index in [2.05, 4.69) is 39.9 Å². The van der Waals surface area contributed by atoms with Gasteiger partial charge >= 0.3 is 0 Å². The van der Waals surface area contributed by atoms with Crippen LogP contribution in [0.1, 0.15) is 41.5 Å². The lowest BCUT2D eigenvalue weighted by molar-refractivity contribution is -0.132. The second-order valence-electron chi connectivity index (χ2n) is 7.67. The molecule has 4 nitrogen and oxygen atoms in total. The van der Waals surface area contributed by atoms with E-state index in [0.29, 0.717) is 6.54 Å². The molecule has 1 aromatic heterocycles. The fraction of sp³-hybridized carbons (Fsp3) is 0.455. The van der Waals surface area contributed by atoms with Crippen LogP contribution < -0.4 is 10.6 Å². The quantitative estimate of drug-likeness (QED) is 0.873. The van der Waals surface area contributed by atoms with Crippen molar-refractivity contribution in [1.29, 1.82) is 0 Å². The van der Waals surface area contributed by atoms with Crippen LogP contribution >= 0.6 is 0 Å². The molecule has 0 atom stereocenters. The van der Waals surface area contributed by atoms with Crippen molar-refractivity contribution in [2.45, 2.75) is 45.1 Å². The molecule has 1 aromatic carbocycles. The average Bonchev–Trinajstić information content (AvgIpc) is 3.17. The molecule has 2 N–H and O–H groups in total. The summed E-state index contributed by atoms with van der Waals surface area (Å²) >= 11 is 0. The molecule has 1 aliphatic heterocycles. The first-order valence-electron chi connectivity index (χ1n) is 9.74. The zero-order valence-electron chi connectivity index (χ0n) is 15.3. The third kappa shape index (κ3) is 3.51. The number of fused-ring (bicyclic) bond motifs is 1. The van der Waals surface area contributed by atoms with Gasteiger partial charge in [0.25, 0.3) is 0 Å². The topological polar surface area (TPSA) is 54.0 Å². The van der Waals surface area contributed by atoms with Crippen molar-refractivity contribution in [3.8, 4) is 0 Å². The third-order valence-corrected chi connectivity index (χ3v) is 5.98. The number of hydrogen-bond acceptors (Lipinski definition) is 3. The highest BCUT2D eigenvalue weighted by molar-refractivity contribution is 5.83. The van der Waals surface area contributed by atoms with E-state index in [9.17, 15) is 4.79 Å². The molecular formula is C22H27N3O. The number of amides is 1. The molecule has 2 aromatic rings. The van der Waals surface area contributed by atoms with E-state index in [-0.39, 0.29) is 11.3 Å². The minimum absolute atomic E-state index is 0.193. The molecule has 1 saturated heterocycles. The van der Waals surface area contributed by atoms with Gasteiger partial charge in [-0.2, -0.15) is 0 Å². The Labute approximate surface area is 155 Å². The minimum Gasteiger partial charge on any atom is -0.351 e. The number of benzene rings is 1. The van der Waals surface area contributed by atoms with Gasteiger partial charge < -0.3 is 10.6 Å². The fourth-order valence-electron chi connectivity index (χ4n) is 4.46. The number of nitrogens with zero attached hydrogens (tertiary/aromatic N) is 1. The van der Waals surface area contributed by atoms with Crippen molar-refractivity contribution in [2.75, 3.05) is 13.1 Å². The smallest absolute Gasteiger partial charge is 0.226 e. The van der Waals surface area contributed by atoms with Crippen molar-refractivity contribution in [3.05, 3.63) is 65.0 Å². The molecule has 0 radical (unpaired) electrons. The van der Waals surface area contributed by atoms with Crippen LogP contribution in [0.4, 0.5) is 0 Å². The monoisotopic (exact) mass is 349 g/mol. The number of piperidine rings is 1. The number of aromatic nitrogens is 1. The highest BCUT2D eigenvalue weighted by atomic mass is 16.2. The standard InChI is InChI=1S/C22H27N3O/c26-21(25-16-19-15-24-14-18-7-4-8-20(18)19)22(9-11-23-12-10-22)13-17-5-2-1-3-6-17/h1-3,5-6,14-15,23H,4,7-13,16H2,(H,25,26). The molecule has 4 heteroatoms. The Hall–Kier alpha value is -2.20. The lowest BCUT2D eigenvalue weighted by Gasteiger charge is -2.36. The molecule has 2 aliphatic rings. The van der Waals surface area contributed by atoms with E-state index in [1.165, 1.54) is 28.7 Å². The van der Waals surface area contributed by atoms with E-state index in [1.807, 2.05) is 18.5 Å². The van der Waals surface area contributed by atoms with E-state index in [1.54, 1.807) is 0 Å².